The molecule has 0 spiro atoms. The number of ether oxygens (including phenoxy) is 1. The molecule has 0 N–H and O–H groups in total. The topological polar surface area (TPSA) is 60.4 Å². The fourth-order valence-electron chi connectivity index (χ4n) is 3.33. The van der Waals surface area contributed by atoms with E-state index in [2.05, 4.69) is 0 Å². The number of halogens is 3. The highest BCUT2D eigenvalue weighted by atomic mass is 19.4. The molecule has 0 fully saturated rings. The van der Waals surface area contributed by atoms with Gasteiger partial charge in [-0.1, -0.05) is 38.7 Å². The van der Waals surface area contributed by atoms with Crippen molar-refractivity contribution in [2.24, 2.45) is 11.8 Å². The quantitative estimate of drug-likeness (QED) is 0.126. The summed E-state index contributed by atoms with van der Waals surface area (Å²) in [7, 11) is 6.28. The van der Waals surface area contributed by atoms with E-state index in [-0.39, 0.29) is 35.4 Å². The Morgan fingerprint density at radius 1 is 1.12 bits per heavy atom. The molecule has 0 aromatic heterocycles. The van der Waals surface area contributed by atoms with E-state index < -0.39 is 29.2 Å². The zero-order valence-electron chi connectivity index (χ0n) is 19.0. The van der Waals surface area contributed by atoms with Gasteiger partial charge in [0.2, 0.25) is 0 Å². The van der Waals surface area contributed by atoms with Crippen LogP contribution in [0.5, 0.6) is 5.75 Å². The summed E-state index contributed by atoms with van der Waals surface area (Å²) in [6, 6.07) is 2.46. The molecule has 1 rings (SSSR count). The summed E-state index contributed by atoms with van der Waals surface area (Å²) < 4.78 is 43.8. The lowest BCUT2D eigenvalue weighted by Gasteiger charge is -2.26. The number of carbonyl (C=O) groups is 3. The van der Waals surface area contributed by atoms with Gasteiger partial charge in [0.15, 0.2) is 5.78 Å². The van der Waals surface area contributed by atoms with Crippen LogP contribution in [0, 0.1) is 11.8 Å². The van der Waals surface area contributed by atoms with E-state index in [1.165, 1.54) is 0 Å². The van der Waals surface area contributed by atoms with Gasteiger partial charge in [-0.05, 0) is 42.9 Å². The van der Waals surface area contributed by atoms with Crippen LogP contribution in [0.4, 0.5) is 13.2 Å². The maximum atomic E-state index is 13.0. The Bertz CT molecular complexity index is 833. The zero-order valence-corrected chi connectivity index (χ0v) is 19.0. The number of allylic oxidation sites excluding steroid dienone is 2. The Balaban J connectivity index is 2.82. The third kappa shape index (κ3) is 9.01. The van der Waals surface area contributed by atoms with Crippen LogP contribution in [-0.2, 0) is 15.8 Å². The molecule has 3 unspecified atom stereocenters. The molecule has 0 amide bonds. The molecule has 0 saturated heterocycles. The van der Waals surface area contributed by atoms with Crippen LogP contribution >= 0.6 is 0 Å². The van der Waals surface area contributed by atoms with E-state index in [9.17, 15) is 27.6 Å². The fraction of sp³-hybridized carbons (Fsp3) is 0.542. The zero-order chi connectivity index (χ0) is 24.5. The van der Waals surface area contributed by atoms with E-state index in [1.54, 1.807) is 6.92 Å². The molecule has 0 aliphatic rings. The van der Waals surface area contributed by atoms with Crippen LogP contribution in [0.15, 0.2) is 30.4 Å². The molecule has 174 valence electrons. The van der Waals surface area contributed by atoms with Crippen LogP contribution in [0.2, 0.25) is 5.82 Å². The third-order valence-corrected chi connectivity index (χ3v) is 5.31. The van der Waals surface area contributed by atoms with Crippen LogP contribution in [-0.4, -0.2) is 25.4 Å². The highest BCUT2D eigenvalue weighted by molar-refractivity contribution is 6.12. The maximum absolute atomic E-state index is 13.0. The normalized spacial score (nSPS) is 14.7. The van der Waals surface area contributed by atoms with Gasteiger partial charge in [0, 0.05) is 26.2 Å². The van der Waals surface area contributed by atoms with Crippen molar-refractivity contribution >= 4 is 25.4 Å². The first kappa shape index (κ1) is 27.7. The summed E-state index contributed by atoms with van der Waals surface area (Å²) in [5, 5.41) is 0. The molecule has 4 nitrogen and oxygen atoms in total. The van der Waals surface area contributed by atoms with Crippen LogP contribution in [0.1, 0.15) is 75.7 Å². The van der Waals surface area contributed by atoms with Crippen molar-refractivity contribution in [2.75, 3.05) is 0 Å². The average molecular weight is 450 g/mol. The first-order valence-corrected chi connectivity index (χ1v) is 10.7. The number of Topliss-reactive ketones (excluding diaryl/α,β-unsaturated/α-hetero) is 2. The van der Waals surface area contributed by atoms with Gasteiger partial charge in [-0.3, -0.25) is 14.4 Å². The van der Waals surface area contributed by atoms with Gasteiger partial charge in [-0.2, -0.15) is 13.2 Å². The van der Waals surface area contributed by atoms with Crippen LogP contribution in [0.25, 0.3) is 0 Å². The second-order valence-corrected chi connectivity index (χ2v) is 8.12. The van der Waals surface area contributed by atoms with Gasteiger partial charge in [0.1, 0.15) is 11.5 Å². The molecular weight excluding hydrogens is 420 g/mol. The minimum absolute atomic E-state index is 0.0294. The van der Waals surface area contributed by atoms with Crippen molar-refractivity contribution in [3.63, 3.8) is 0 Å². The SMILES string of the molecule is [B]C(C(C)CCC(=O)C/C=C\CC)C(C)CC(=O)c1ccc(C(F)(F)F)cc1OC(C)=O. The van der Waals surface area contributed by atoms with Crippen molar-refractivity contribution in [2.45, 2.75) is 71.8 Å². The number of hydrogen-bond donors (Lipinski definition) is 0. The molecule has 0 aliphatic carbocycles. The maximum Gasteiger partial charge on any atom is 0.416 e. The lowest BCUT2D eigenvalue weighted by Crippen LogP contribution is -2.19. The van der Waals surface area contributed by atoms with Crippen molar-refractivity contribution in [3.05, 3.63) is 41.5 Å². The first-order valence-electron chi connectivity index (χ1n) is 10.7. The van der Waals surface area contributed by atoms with E-state index in [4.69, 9.17) is 12.6 Å². The van der Waals surface area contributed by atoms with Gasteiger partial charge in [0.05, 0.1) is 19.0 Å². The van der Waals surface area contributed by atoms with Gasteiger partial charge < -0.3 is 4.74 Å². The Hall–Kier alpha value is -2.38. The minimum Gasteiger partial charge on any atom is -0.426 e. The average Bonchev–Trinajstić information content (AvgIpc) is 2.70. The minimum atomic E-state index is -4.63. The Morgan fingerprint density at radius 3 is 2.34 bits per heavy atom. The molecule has 8 heteroatoms. The number of carbonyl (C=O) groups excluding carboxylic acids is 3. The highest BCUT2D eigenvalue weighted by Crippen LogP contribution is 2.35. The first-order chi connectivity index (χ1) is 14.9. The molecular formula is C24H30BF3O4. The number of rotatable bonds is 12. The molecule has 2 radical (unpaired) electrons. The van der Waals surface area contributed by atoms with Gasteiger partial charge >= 0.3 is 12.1 Å². The van der Waals surface area contributed by atoms with Crippen molar-refractivity contribution in [1.82, 2.24) is 0 Å². The van der Waals surface area contributed by atoms with E-state index >= 15 is 0 Å². The molecule has 0 bridgehead atoms. The van der Waals surface area contributed by atoms with Gasteiger partial charge in [-0.15, -0.1) is 0 Å². The van der Waals surface area contributed by atoms with Gasteiger partial charge in [0.25, 0.3) is 0 Å². The largest absolute Gasteiger partial charge is 0.426 e. The van der Waals surface area contributed by atoms with E-state index in [0.29, 0.717) is 25.3 Å². The molecule has 3 atom stereocenters. The van der Waals surface area contributed by atoms with Crippen LogP contribution in [0.3, 0.4) is 0 Å². The second kappa shape index (κ2) is 12.6. The number of benzene rings is 1. The summed E-state index contributed by atoms with van der Waals surface area (Å²) in [6.07, 6.45) is 1.35. The summed E-state index contributed by atoms with van der Waals surface area (Å²) in [6.45, 7) is 6.72. The van der Waals surface area contributed by atoms with E-state index in [0.717, 1.165) is 25.5 Å². The predicted octanol–water partition coefficient (Wildman–Crippen LogP) is 6.14. The Morgan fingerprint density at radius 2 is 1.78 bits per heavy atom. The molecule has 1 aromatic rings. The summed E-state index contributed by atoms with van der Waals surface area (Å²) >= 11 is 0. The molecule has 1 aromatic carbocycles. The highest BCUT2D eigenvalue weighted by Gasteiger charge is 2.32. The third-order valence-electron chi connectivity index (χ3n) is 5.31. The number of esters is 1. The standard InChI is InChI=1S/C24H30BF3O4/c1-5-6-7-8-19(30)11-9-15(2)23(25)16(3)13-21(31)20-12-10-18(24(26,27)28)14-22(20)32-17(4)29/h6-7,10,12,14-16,23H,5,8-9,11,13H2,1-4H3/b7-6-. The second-order valence-electron chi connectivity index (χ2n) is 8.12. The summed E-state index contributed by atoms with van der Waals surface area (Å²) in [5.41, 5.74) is -1.11. The van der Waals surface area contributed by atoms with E-state index in [1.807, 2.05) is 26.0 Å². The van der Waals surface area contributed by atoms with Crippen molar-refractivity contribution in [1.29, 1.82) is 0 Å². The Labute approximate surface area is 189 Å². The Kier molecular flexibility index (Phi) is 10.9. The van der Waals surface area contributed by atoms with Crippen molar-refractivity contribution < 1.29 is 32.3 Å². The fourth-order valence-corrected chi connectivity index (χ4v) is 3.33. The monoisotopic (exact) mass is 450 g/mol. The molecule has 0 heterocycles. The molecule has 32 heavy (non-hydrogen) atoms. The lowest BCUT2D eigenvalue weighted by atomic mass is 9.66. The number of alkyl halides is 3. The smallest absolute Gasteiger partial charge is 0.416 e. The van der Waals surface area contributed by atoms with Gasteiger partial charge in [-0.25, -0.2) is 0 Å². The molecule has 0 saturated carbocycles. The predicted molar refractivity (Wildman–Crippen MR) is 118 cm³/mol. The number of hydrogen-bond acceptors (Lipinski definition) is 4. The van der Waals surface area contributed by atoms with Crippen molar-refractivity contribution in [3.8, 4) is 5.75 Å². The molecule has 0 aliphatic heterocycles. The summed E-state index contributed by atoms with van der Waals surface area (Å²) in [5.74, 6) is -2.30. The van der Waals surface area contributed by atoms with Crippen LogP contribution < -0.4 is 4.74 Å². The lowest BCUT2D eigenvalue weighted by molar-refractivity contribution is -0.138. The summed E-state index contributed by atoms with van der Waals surface area (Å²) in [4.78, 5) is 36.0. The number of ketones is 2.